The Bertz CT molecular complexity index is 564. The van der Waals surface area contributed by atoms with Gasteiger partial charge in [-0.1, -0.05) is 36.3 Å². The molecule has 3 rings (SSSR count). The number of hydrogen-bond acceptors (Lipinski definition) is 1. The van der Waals surface area contributed by atoms with Crippen LogP contribution in [0.1, 0.15) is 42.4 Å². The minimum atomic E-state index is 0.194. The molecule has 1 fully saturated rings. The standard InChI is InChI=1S/C19H25NO/c1-12-10-13(2)18(14(3)11-12)20-19(21)17-15-8-6-4-5-7-9-16(15)17/h6,8,10-11,15-17H,4-5,7,9H2,1-3H3,(H,20,21)/t15-,16+,17-/m1/s1. The molecule has 0 bridgehead atoms. The molecule has 2 aliphatic rings. The minimum absolute atomic E-state index is 0.194. The van der Waals surface area contributed by atoms with E-state index in [1.54, 1.807) is 0 Å². The predicted molar refractivity (Wildman–Crippen MR) is 87.4 cm³/mol. The Morgan fingerprint density at radius 1 is 1.14 bits per heavy atom. The third-order valence-electron chi connectivity index (χ3n) is 4.97. The van der Waals surface area contributed by atoms with Crippen molar-refractivity contribution in [2.24, 2.45) is 17.8 Å². The Labute approximate surface area is 127 Å². The molecule has 0 spiro atoms. The fraction of sp³-hybridized carbons (Fsp3) is 0.526. The molecule has 2 heteroatoms. The summed E-state index contributed by atoms with van der Waals surface area (Å²) in [6.07, 6.45) is 9.46. The number of anilines is 1. The molecule has 1 amide bonds. The van der Waals surface area contributed by atoms with E-state index < -0.39 is 0 Å². The number of allylic oxidation sites excluding steroid dienone is 2. The van der Waals surface area contributed by atoms with Crippen molar-refractivity contribution >= 4 is 11.6 Å². The minimum Gasteiger partial charge on any atom is -0.325 e. The molecule has 0 radical (unpaired) electrons. The maximum absolute atomic E-state index is 12.6. The summed E-state index contributed by atoms with van der Waals surface area (Å²) in [7, 11) is 0. The topological polar surface area (TPSA) is 29.1 Å². The summed E-state index contributed by atoms with van der Waals surface area (Å²) in [5, 5.41) is 3.19. The Kier molecular flexibility index (Phi) is 3.88. The van der Waals surface area contributed by atoms with Crippen LogP contribution in [0.2, 0.25) is 0 Å². The summed E-state index contributed by atoms with van der Waals surface area (Å²) < 4.78 is 0. The maximum Gasteiger partial charge on any atom is 0.228 e. The quantitative estimate of drug-likeness (QED) is 0.793. The molecule has 0 aromatic heterocycles. The summed E-state index contributed by atoms with van der Waals surface area (Å²) in [5.41, 5.74) is 4.58. The Morgan fingerprint density at radius 3 is 2.57 bits per heavy atom. The van der Waals surface area contributed by atoms with Gasteiger partial charge in [-0.05, 0) is 63.0 Å². The van der Waals surface area contributed by atoms with Crippen LogP contribution < -0.4 is 5.32 Å². The highest BCUT2D eigenvalue weighted by Gasteiger charge is 2.52. The fourth-order valence-corrected chi connectivity index (χ4v) is 3.88. The van der Waals surface area contributed by atoms with Crippen LogP contribution in [0.25, 0.3) is 0 Å². The van der Waals surface area contributed by atoms with E-state index in [0.717, 1.165) is 16.8 Å². The molecule has 2 aliphatic carbocycles. The number of rotatable bonds is 2. The van der Waals surface area contributed by atoms with Gasteiger partial charge in [-0.2, -0.15) is 0 Å². The van der Waals surface area contributed by atoms with Gasteiger partial charge >= 0.3 is 0 Å². The summed E-state index contributed by atoms with van der Waals surface area (Å²) in [4.78, 5) is 12.6. The van der Waals surface area contributed by atoms with E-state index in [9.17, 15) is 4.79 Å². The number of amides is 1. The first-order valence-corrected chi connectivity index (χ1v) is 8.13. The molecular formula is C19H25NO. The average Bonchev–Trinajstić information content (AvgIpc) is 3.05. The second-order valence-electron chi connectivity index (χ2n) is 6.74. The van der Waals surface area contributed by atoms with Crippen LogP contribution in [0, 0.1) is 38.5 Å². The van der Waals surface area contributed by atoms with Crippen LogP contribution in [0.4, 0.5) is 5.69 Å². The lowest BCUT2D eigenvalue weighted by Crippen LogP contribution is -2.17. The zero-order valence-corrected chi connectivity index (χ0v) is 13.3. The van der Waals surface area contributed by atoms with E-state index >= 15 is 0 Å². The molecule has 112 valence electrons. The average molecular weight is 283 g/mol. The third-order valence-corrected chi connectivity index (χ3v) is 4.97. The van der Waals surface area contributed by atoms with E-state index in [1.807, 2.05) is 0 Å². The van der Waals surface area contributed by atoms with E-state index in [4.69, 9.17) is 0 Å². The molecule has 0 unspecified atom stereocenters. The maximum atomic E-state index is 12.6. The summed E-state index contributed by atoms with van der Waals surface area (Å²) >= 11 is 0. The lowest BCUT2D eigenvalue weighted by molar-refractivity contribution is -0.117. The molecule has 2 nitrogen and oxygen atoms in total. The first-order chi connectivity index (χ1) is 10.1. The molecule has 1 aromatic carbocycles. The van der Waals surface area contributed by atoms with Gasteiger partial charge in [-0.25, -0.2) is 0 Å². The zero-order chi connectivity index (χ0) is 15.0. The van der Waals surface area contributed by atoms with Gasteiger partial charge in [-0.3, -0.25) is 4.79 Å². The Morgan fingerprint density at radius 2 is 1.86 bits per heavy atom. The fourth-order valence-electron chi connectivity index (χ4n) is 3.88. The van der Waals surface area contributed by atoms with Crippen LogP contribution in [-0.2, 0) is 4.79 Å². The largest absolute Gasteiger partial charge is 0.325 e. The normalized spacial score (nSPS) is 27.5. The first-order valence-electron chi connectivity index (χ1n) is 8.13. The number of fused-ring (bicyclic) bond motifs is 1. The molecule has 0 saturated heterocycles. The Hall–Kier alpha value is -1.57. The number of hydrogen-bond donors (Lipinski definition) is 1. The van der Waals surface area contributed by atoms with Gasteiger partial charge in [0.2, 0.25) is 5.91 Å². The smallest absolute Gasteiger partial charge is 0.228 e. The number of benzene rings is 1. The summed E-state index contributed by atoms with van der Waals surface area (Å²) in [6.45, 7) is 6.25. The van der Waals surface area contributed by atoms with Crippen molar-refractivity contribution < 1.29 is 4.79 Å². The van der Waals surface area contributed by atoms with Crippen molar-refractivity contribution in [2.75, 3.05) is 5.32 Å². The number of aryl methyl sites for hydroxylation is 3. The van der Waals surface area contributed by atoms with Crippen LogP contribution in [0.5, 0.6) is 0 Å². The van der Waals surface area contributed by atoms with E-state index in [2.05, 4.69) is 50.4 Å². The second-order valence-corrected chi connectivity index (χ2v) is 6.74. The molecule has 1 aromatic rings. The van der Waals surface area contributed by atoms with Crippen molar-refractivity contribution in [3.05, 3.63) is 41.0 Å². The van der Waals surface area contributed by atoms with E-state index in [-0.39, 0.29) is 11.8 Å². The van der Waals surface area contributed by atoms with E-state index in [0.29, 0.717) is 11.8 Å². The molecule has 0 aliphatic heterocycles. The molecule has 1 N–H and O–H groups in total. The highest BCUT2D eigenvalue weighted by Crippen LogP contribution is 2.52. The van der Waals surface area contributed by atoms with Gasteiger partial charge < -0.3 is 5.32 Å². The predicted octanol–water partition coefficient (Wildman–Crippen LogP) is 4.54. The molecule has 1 saturated carbocycles. The summed E-state index contributed by atoms with van der Waals surface area (Å²) in [6, 6.07) is 4.27. The number of carbonyl (C=O) groups is 1. The molecule has 0 heterocycles. The monoisotopic (exact) mass is 283 g/mol. The van der Waals surface area contributed by atoms with Gasteiger partial charge in [0, 0.05) is 11.6 Å². The van der Waals surface area contributed by atoms with Crippen LogP contribution in [0.3, 0.4) is 0 Å². The molecule has 3 atom stereocenters. The zero-order valence-electron chi connectivity index (χ0n) is 13.3. The van der Waals surface area contributed by atoms with Gasteiger partial charge in [-0.15, -0.1) is 0 Å². The molecule has 21 heavy (non-hydrogen) atoms. The van der Waals surface area contributed by atoms with E-state index in [1.165, 1.54) is 31.2 Å². The first kappa shape index (κ1) is 14.4. The van der Waals surface area contributed by atoms with Crippen LogP contribution in [-0.4, -0.2) is 5.91 Å². The van der Waals surface area contributed by atoms with Gasteiger partial charge in [0.1, 0.15) is 0 Å². The highest BCUT2D eigenvalue weighted by molar-refractivity contribution is 5.96. The SMILES string of the molecule is Cc1cc(C)c(NC(=O)[C@@H]2[C@@H]3C=CCCCC[C@@H]32)c(C)c1. The second kappa shape index (κ2) is 5.67. The van der Waals surface area contributed by atoms with Gasteiger partial charge in [0.05, 0.1) is 0 Å². The number of carbonyl (C=O) groups excluding carboxylic acids is 1. The van der Waals surface area contributed by atoms with Crippen molar-refractivity contribution in [3.63, 3.8) is 0 Å². The van der Waals surface area contributed by atoms with Crippen LogP contribution >= 0.6 is 0 Å². The lowest BCUT2D eigenvalue weighted by Gasteiger charge is -2.13. The Balaban J connectivity index is 1.73. The lowest BCUT2D eigenvalue weighted by atomic mass is 10.0. The van der Waals surface area contributed by atoms with Crippen molar-refractivity contribution in [2.45, 2.75) is 46.5 Å². The van der Waals surface area contributed by atoms with Crippen molar-refractivity contribution in [3.8, 4) is 0 Å². The van der Waals surface area contributed by atoms with Crippen molar-refractivity contribution in [1.82, 2.24) is 0 Å². The van der Waals surface area contributed by atoms with Gasteiger partial charge in [0.15, 0.2) is 0 Å². The highest BCUT2D eigenvalue weighted by atomic mass is 16.2. The van der Waals surface area contributed by atoms with Crippen molar-refractivity contribution in [1.29, 1.82) is 0 Å². The molecular weight excluding hydrogens is 258 g/mol. The number of nitrogens with one attached hydrogen (secondary N) is 1. The van der Waals surface area contributed by atoms with Crippen LogP contribution in [0.15, 0.2) is 24.3 Å². The third kappa shape index (κ3) is 2.90. The van der Waals surface area contributed by atoms with Gasteiger partial charge in [0.25, 0.3) is 0 Å². The summed E-state index contributed by atoms with van der Waals surface area (Å²) in [5.74, 6) is 1.47.